The first-order valence-electron chi connectivity index (χ1n) is 14.2. The Kier molecular flexibility index (Phi) is 9.07. The molecule has 2 aromatic heterocycles. The van der Waals surface area contributed by atoms with Crippen LogP contribution in [0.25, 0.3) is 44.5 Å². The Balaban J connectivity index is 1.32. The molecule has 0 atom stereocenters. The summed E-state index contributed by atoms with van der Waals surface area (Å²) in [5, 5.41) is 7.57. The first kappa shape index (κ1) is 29.0. The van der Waals surface area contributed by atoms with Crippen molar-refractivity contribution in [2.45, 2.75) is 12.8 Å². The molecule has 0 radical (unpaired) electrons. The van der Waals surface area contributed by atoms with E-state index >= 15 is 0 Å². The fourth-order valence-electron chi connectivity index (χ4n) is 4.91. The second kappa shape index (κ2) is 13.4. The van der Waals surface area contributed by atoms with Crippen LogP contribution in [0.3, 0.4) is 0 Å². The van der Waals surface area contributed by atoms with Crippen LogP contribution in [0.4, 0.5) is 0 Å². The smallest absolute Gasteiger partial charge is 0.188 e. The predicted octanol–water partition coefficient (Wildman–Crippen LogP) is 5.33. The highest BCUT2D eigenvalue weighted by atomic mass is 15.2. The number of likely N-dealkylation sites (N-methyl/N-ethyl adjacent to an activating group) is 1. The van der Waals surface area contributed by atoms with E-state index in [0.29, 0.717) is 13.1 Å². The normalized spacial score (nSPS) is 10.7. The van der Waals surface area contributed by atoms with Crippen molar-refractivity contribution >= 4 is 11.9 Å². The number of hydrogen-bond donors (Lipinski definition) is 4. The van der Waals surface area contributed by atoms with Gasteiger partial charge in [-0.15, -0.1) is 0 Å². The zero-order valence-corrected chi connectivity index (χ0v) is 24.2. The van der Waals surface area contributed by atoms with Crippen LogP contribution >= 0.6 is 0 Å². The van der Waals surface area contributed by atoms with Crippen LogP contribution in [0.5, 0.6) is 0 Å². The molecule has 5 rings (SSSR count). The second-order valence-corrected chi connectivity index (χ2v) is 10.5. The van der Waals surface area contributed by atoms with Crippen LogP contribution in [0.2, 0.25) is 0 Å². The molecule has 43 heavy (non-hydrogen) atoms. The van der Waals surface area contributed by atoms with Gasteiger partial charge in [0.05, 0.1) is 0 Å². The molecule has 216 valence electrons. The van der Waals surface area contributed by atoms with E-state index in [4.69, 9.17) is 22.6 Å². The monoisotopic (exact) mass is 568 g/mol. The minimum absolute atomic E-state index is 0.0742. The van der Waals surface area contributed by atoms with Gasteiger partial charge in [-0.1, -0.05) is 72.8 Å². The van der Waals surface area contributed by atoms with Crippen LogP contribution in [-0.4, -0.2) is 46.9 Å². The third-order valence-corrected chi connectivity index (χ3v) is 7.39. The highest BCUT2D eigenvalue weighted by Crippen LogP contribution is 2.30. The minimum Gasteiger partial charge on any atom is -0.370 e. The SMILES string of the molecule is CN(CCc1cccc(-c2cncc(-c3ccc(-c4cncc(-c5cccc(CCN=C(N)N)c5)c4)cc3)c2)c1)C(=N)N. The van der Waals surface area contributed by atoms with Gasteiger partial charge in [0, 0.05) is 67.2 Å². The van der Waals surface area contributed by atoms with Crippen LogP contribution in [0, 0.1) is 5.41 Å². The molecule has 0 aliphatic heterocycles. The maximum atomic E-state index is 7.57. The van der Waals surface area contributed by atoms with Crippen molar-refractivity contribution in [3.8, 4) is 44.5 Å². The molecule has 0 bridgehead atoms. The number of rotatable bonds is 10. The quantitative estimate of drug-likeness (QED) is 0.132. The van der Waals surface area contributed by atoms with Gasteiger partial charge in [0.2, 0.25) is 0 Å². The molecule has 5 aromatic rings. The lowest BCUT2D eigenvalue weighted by molar-refractivity contribution is 0.499. The number of pyridine rings is 2. The highest BCUT2D eigenvalue weighted by molar-refractivity contribution is 5.77. The Morgan fingerprint density at radius 3 is 1.56 bits per heavy atom. The maximum Gasteiger partial charge on any atom is 0.188 e. The Labute approximate surface area is 252 Å². The molecule has 2 heterocycles. The number of nitrogens with zero attached hydrogens (tertiary/aromatic N) is 4. The van der Waals surface area contributed by atoms with Crippen LogP contribution < -0.4 is 17.2 Å². The van der Waals surface area contributed by atoms with Gasteiger partial charge < -0.3 is 22.1 Å². The summed E-state index contributed by atoms with van der Waals surface area (Å²) in [5.41, 5.74) is 27.5. The minimum atomic E-state index is 0.0742. The van der Waals surface area contributed by atoms with Gasteiger partial charge in [0.25, 0.3) is 0 Å². The van der Waals surface area contributed by atoms with Gasteiger partial charge in [0.1, 0.15) is 0 Å². The van der Waals surface area contributed by atoms with E-state index < -0.39 is 0 Å². The Bertz CT molecular complexity index is 1740. The third kappa shape index (κ3) is 7.62. The van der Waals surface area contributed by atoms with Gasteiger partial charge >= 0.3 is 0 Å². The summed E-state index contributed by atoms with van der Waals surface area (Å²) >= 11 is 0. The van der Waals surface area contributed by atoms with Gasteiger partial charge in [-0.2, -0.15) is 0 Å². The number of aliphatic imine (C=N–C) groups is 1. The van der Waals surface area contributed by atoms with E-state index in [1.807, 2.05) is 37.9 Å². The average molecular weight is 569 g/mol. The average Bonchev–Trinajstić information content (AvgIpc) is 3.04. The molecule has 0 unspecified atom stereocenters. The van der Waals surface area contributed by atoms with E-state index in [1.54, 1.807) is 4.90 Å². The topological polar surface area (TPSA) is 143 Å². The lowest BCUT2D eigenvalue weighted by Crippen LogP contribution is -2.34. The van der Waals surface area contributed by atoms with Crippen molar-refractivity contribution < 1.29 is 0 Å². The van der Waals surface area contributed by atoms with Gasteiger partial charge in [-0.3, -0.25) is 20.4 Å². The van der Waals surface area contributed by atoms with E-state index in [-0.39, 0.29) is 11.9 Å². The predicted molar refractivity (Wildman–Crippen MR) is 176 cm³/mol. The summed E-state index contributed by atoms with van der Waals surface area (Å²) in [6.45, 7) is 1.25. The summed E-state index contributed by atoms with van der Waals surface area (Å²) in [5.74, 6) is 0.185. The number of aromatic nitrogens is 2. The van der Waals surface area contributed by atoms with Crippen LogP contribution in [0.15, 0.2) is 115 Å². The fourth-order valence-corrected chi connectivity index (χ4v) is 4.91. The van der Waals surface area contributed by atoms with E-state index in [0.717, 1.165) is 57.3 Å². The summed E-state index contributed by atoms with van der Waals surface area (Å²) in [7, 11) is 1.83. The van der Waals surface area contributed by atoms with Gasteiger partial charge in [0.15, 0.2) is 11.9 Å². The number of hydrogen-bond acceptors (Lipinski definition) is 4. The number of nitrogens with one attached hydrogen (secondary N) is 1. The molecule has 3 aromatic carbocycles. The largest absolute Gasteiger partial charge is 0.370 e. The highest BCUT2D eigenvalue weighted by Gasteiger charge is 2.08. The van der Waals surface area contributed by atoms with Crippen molar-refractivity contribution in [3.63, 3.8) is 0 Å². The molecular formula is C35H36N8. The standard InChI is InChI=1S/C35H36N8/c1-43(35(38)39)15-13-25-5-3-7-29(17-25)33-19-31(21-41-23-33)27-10-8-26(9-11-27)30-18-32(22-40-20-30)28-6-2-4-24(16-28)12-14-42-34(36)37/h2-11,16-23H,12-15H2,1H3,(H3,38,39)(H4,36,37,42). The van der Waals surface area contributed by atoms with Gasteiger partial charge in [-0.05, 0) is 58.4 Å². The molecule has 0 saturated heterocycles. The number of guanidine groups is 2. The third-order valence-electron chi connectivity index (χ3n) is 7.39. The Hall–Kier alpha value is -5.50. The van der Waals surface area contributed by atoms with E-state index in [9.17, 15) is 0 Å². The summed E-state index contributed by atoms with van der Waals surface area (Å²) in [6.07, 6.45) is 9.14. The number of nitrogens with two attached hydrogens (primary N) is 3. The lowest BCUT2D eigenvalue weighted by Gasteiger charge is -2.16. The van der Waals surface area contributed by atoms with Crippen molar-refractivity contribution in [2.24, 2.45) is 22.2 Å². The molecule has 0 aliphatic rings. The molecule has 0 aliphatic carbocycles. The van der Waals surface area contributed by atoms with Crippen molar-refractivity contribution in [1.29, 1.82) is 5.41 Å². The summed E-state index contributed by atoms with van der Waals surface area (Å²) in [6, 6.07) is 29.7. The molecule has 0 spiro atoms. The zero-order chi connectivity index (χ0) is 30.2. The molecule has 8 heteroatoms. The maximum absolute atomic E-state index is 7.57. The fraction of sp³-hybridized carbons (Fsp3) is 0.143. The number of benzene rings is 3. The zero-order valence-electron chi connectivity index (χ0n) is 24.2. The molecule has 0 fully saturated rings. The van der Waals surface area contributed by atoms with E-state index in [1.165, 1.54) is 11.1 Å². The van der Waals surface area contributed by atoms with Gasteiger partial charge in [-0.25, -0.2) is 0 Å². The van der Waals surface area contributed by atoms with E-state index in [2.05, 4.69) is 93.8 Å². The second-order valence-electron chi connectivity index (χ2n) is 10.5. The molecular weight excluding hydrogens is 532 g/mol. The molecule has 7 N–H and O–H groups in total. The van der Waals surface area contributed by atoms with Crippen LogP contribution in [-0.2, 0) is 12.8 Å². The molecule has 0 amide bonds. The Morgan fingerprint density at radius 1 is 0.628 bits per heavy atom. The van der Waals surface area contributed by atoms with Crippen molar-refractivity contribution in [1.82, 2.24) is 14.9 Å². The summed E-state index contributed by atoms with van der Waals surface area (Å²) in [4.78, 5) is 14.9. The Morgan fingerprint density at radius 2 is 1.09 bits per heavy atom. The lowest BCUT2D eigenvalue weighted by atomic mass is 9.97. The summed E-state index contributed by atoms with van der Waals surface area (Å²) < 4.78 is 0. The van der Waals surface area contributed by atoms with Crippen LogP contribution in [0.1, 0.15) is 11.1 Å². The van der Waals surface area contributed by atoms with Crippen molar-refractivity contribution in [3.05, 3.63) is 121 Å². The van der Waals surface area contributed by atoms with Crippen molar-refractivity contribution in [2.75, 3.05) is 20.1 Å². The molecule has 0 saturated carbocycles. The first-order valence-corrected chi connectivity index (χ1v) is 14.2. The first-order chi connectivity index (χ1) is 20.9. The molecule has 8 nitrogen and oxygen atoms in total.